The molecular weight excluding hydrogens is 170 g/mol. The minimum absolute atomic E-state index is 0.307. The van der Waals surface area contributed by atoms with E-state index in [1.807, 2.05) is 30.5 Å². The molecule has 0 fully saturated rings. The average molecular weight is 183 g/mol. The highest BCUT2D eigenvalue weighted by Gasteiger charge is 2.06. The zero-order valence-corrected chi connectivity index (χ0v) is 8.27. The van der Waals surface area contributed by atoms with Gasteiger partial charge >= 0.3 is 0 Å². The Balaban J connectivity index is 2.70. The van der Waals surface area contributed by atoms with Crippen LogP contribution >= 0.6 is 0 Å². The first-order chi connectivity index (χ1) is 6.83. The number of rotatable bonds is 2. The van der Waals surface area contributed by atoms with Gasteiger partial charge in [-0.25, -0.2) is 0 Å². The molecule has 1 aromatic heterocycles. The maximum atomic E-state index is 4.41. The Bertz CT molecular complexity index is 454. The Labute approximate surface area is 84.1 Å². The smallest absolute Gasteiger partial charge is 0.0547 e. The van der Waals surface area contributed by atoms with Gasteiger partial charge in [0.15, 0.2) is 0 Å². The van der Waals surface area contributed by atoms with Gasteiger partial charge in [0.2, 0.25) is 0 Å². The number of hydrogen-bond acceptors (Lipinski definition) is 1. The average Bonchev–Trinajstić information content (AvgIpc) is 2.27. The van der Waals surface area contributed by atoms with Crippen LogP contribution in [0.15, 0.2) is 49.2 Å². The summed E-state index contributed by atoms with van der Waals surface area (Å²) < 4.78 is 0. The monoisotopic (exact) mass is 183 g/mol. The molecule has 0 radical (unpaired) electrons. The van der Waals surface area contributed by atoms with Crippen molar-refractivity contribution in [2.45, 2.75) is 12.8 Å². The van der Waals surface area contributed by atoms with Crippen LogP contribution in [0.2, 0.25) is 0 Å². The molecule has 0 aliphatic rings. The SMILES string of the molecule is C=CC(C)c1nccc2ccccc12. The van der Waals surface area contributed by atoms with Crippen LogP contribution in [-0.2, 0) is 0 Å². The fourth-order valence-electron chi connectivity index (χ4n) is 1.62. The molecule has 1 unspecified atom stereocenters. The first-order valence-electron chi connectivity index (χ1n) is 4.79. The number of allylic oxidation sites excluding steroid dienone is 1. The molecule has 1 nitrogen and oxygen atoms in total. The quantitative estimate of drug-likeness (QED) is 0.649. The Hall–Kier alpha value is -1.63. The molecule has 1 heteroatoms. The van der Waals surface area contributed by atoms with Crippen molar-refractivity contribution in [3.63, 3.8) is 0 Å². The summed E-state index contributed by atoms with van der Waals surface area (Å²) in [5, 5.41) is 2.47. The number of aromatic nitrogens is 1. The standard InChI is InChI=1S/C13H13N/c1-3-10(2)13-12-7-5-4-6-11(12)8-9-14-13/h3-10H,1H2,2H3. The van der Waals surface area contributed by atoms with Crippen molar-refractivity contribution in [1.82, 2.24) is 4.98 Å². The topological polar surface area (TPSA) is 12.9 Å². The second-order valence-electron chi connectivity index (χ2n) is 3.44. The predicted octanol–water partition coefficient (Wildman–Crippen LogP) is 3.52. The van der Waals surface area contributed by atoms with Crippen LogP contribution < -0.4 is 0 Å². The summed E-state index contributed by atoms with van der Waals surface area (Å²) in [4.78, 5) is 4.41. The van der Waals surface area contributed by atoms with Crippen molar-refractivity contribution in [2.75, 3.05) is 0 Å². The molecule has 0 aliphatic heterocycles. The number of nitrogens with zero attached hydrogens (tertiary/aromatic N) is 1. The van der Waals surface area contributed by atoms with Gasteiger partial charge in [-0.05, 0) is 11.5 Å². The lowest BCUT2D eigenvalue weighted by Crippen LogP contribution is -1.94. The molecular formula is C13H13N. The van der Waals surface area contributed by atoms with Gasteiger partial charge in [0.1, 0.15) is 0 Å². The molecule has 0 aliphatic carbocycles. The van der Waals surface area contributed by atoms with Gasteiger partial charge in [0.25, 0.3) is 0 Å². The van der Waals surface area contributed by atoms with Crippen molar-refractivity contribution in [3.05, 3.63) is 54.9 Å². The van der Waals surface area contributed by atoms with E-state index in [0.717, 1.165) is 5.69 Å². The lowest BCUT2D eigenvalue weighted by molar-refractivity contribution is 0.925. The molecule has 0 amide bonds. The summed E-state index contributed by atoms with van der Waals surface area (Å²) in [6.45, 7) is 5.92. The largest absolute Gasteiger partial charge is 0.260 e. The van der Waals surface area contributed by atoms with Gasteiger partial charge in [-0.2, -0.15) is 0 Å². The first-order valence-corrected chi connectivity index (χ1v) is 4.79. The van der Waals surface area contributed by atoms with Gasteiger partial charge in [0, 0.05) is 17.5 Å². The van der Waals surface area contributed by atoms with Crippen molar-refractivity contribution in [2.24, 2.45) is 0 Å². The van der Waals surface area contributed by atoms with Gasteiger partial charge in [-0.1, -0.05) is 37.3 Å². The summed E-state index contributed by atoms with van der Waals surface area (Å²) in [6.07, 6.45) is 3.78. The summed E-state index contributed by atoms with van der Waals surface area (Å²) >= 11 is 0. The second-order valence-corrected chi connectivity index (χ2v) is 3.44. The molecule has 0 spiro atoms. The van der Waals surface area contributed by atoms with E-state index in [2.05, 4.69) is 30.6 Å². The molecule has 0 bridgehead atoms. The fourth-order valence-corrected chi connectivity index (χ4v) is 1.62. The Morgan fingerprint density at radius 2 is 2.07 bits per heavy atom. The van der Waals surface area contributed by atoms with Gasteiger partial charge in [-0.3, -0.25) is 4.98 Å². The van der Waals surface area contributed by atoms with Crippen LogP contribution in [0.5, 0.6) is 0 Å². The van der Waals surface area contributed by atoms with Crippen molar-refractivity contribution < 1.29 is 0 Å². The molecule has 70 valence electrons. The molecule has 1 aromatic carbocycles. The normalized spacial score (nSPS) is 12.6. The maximum absolute atomic E-state index is 4.41. The molecule has 0 saturated heterocycles. The second kappa shape index (κ2) is 3.62. The zero-order chi connectivity index (χ0) is 9.97. The summed E-state index contributed by atoms with van der Waals surface area (Å²) in [7, 11) is 0. The fraction of sp³-hybridized carbons (Fsp3) is 0.154. The van der Waals surface area contributed by atoms with Crippen molar-refractivity contribution in [3.8, 4) is 0 Å². The maximum Gasteiger partial charge on any atom is 0.0547 e. The van der Waals surface area contributed by atoms with E-state index in [-0.39, 0.29) is 0 Å². The summed E-state index contributed by atoms with van der Waals surface area (Å²) in [5.41, 5.74) is 1.11. The van der Waals surface area contributed by atoms with Gasteiger partial charge < -0.3 is 0 Å². The minimum Gasteiger partial charge on any atom is -0.260 e. The third-order valence-corrected chi connectivity index (χ3v) is 2.49. The molecule has 1 atom stereocenters. The lowest BCUT2D eigenvalue weighted by atomic mass is 10.0. The van der Waals surface area contributed by atoms with E-state index < -0.39 is 0 Å². The van der Waals surface area contributed by atoms with E-state index in [1.54, 1.807) is 0 Å². The predicted molar refractivity (Wildman–Crippen MR) is 60.4 cm³/mol. The number of benzene rings is 1. The van der Waals surface area contributed by atoms with E-state index in [0.29, 0.717) is 5.92 Å². The highest BCUT2D eigenvalue weighted by atomic mass is 14.7. The van der Waals surface area contributed by atoms with Crippen LogP contribution in [-0.4, -0.2) is 4.98 Å². The van der Waals surface area contributed by atoms with E-state index in [1.165, 1.54) is 10.8 Å². The summed E-state index contributed by atoms with van der Waals surface area (Å²) in [6, 6.07) is 10.3. The molecule has 2 aromatic rings. The Kier molecular flexibility index (Phi) is 2.32. The minimum atomic E-state index is 0.307. The van der Waals surface area contributed by atoms with Crippen LogP contribution in [0.4, 0.5) is 0 Å². The third kappa shape index (κ3) is 1.41. The molecule has 2 rings (SSSR count). The van der Waals surface area contributed by atoms with E-state index >= 15 is 0 Å². The molecule has 0 N–H and O–H groups in total. The first kappa shape index (κ1) is 8.95. The molecule has 1 heterocycles. The number of fused-ring (bicyclic) bond motifs is 1. The van der Waals surface area contributed by atoms with Crippen LogP contribution in [0, 0.1) is 0 Å². The van der Waals surface area contributed by atoms with E-state index in [4.69, 9.17) is 0 Å². The lowest BCUT2D eigenvalue weighted by Gasteiger charge is -2.08. The highest BCUT2D eigenvalue weighted by molar-refractivity contribution is 5.84. The number of pyridine rings is 1. The van der Waals surface area contributed by atoms with Gasteiger partial charge in [-0.15, -0.1) is 6.58 Å². The van der Waals surface area contributed by atoms with Crippen LogP contribution in [0.1, 0.15) is 18.5 Å². The molecule has 0 saturated carbocycles. The zero-order valence-electron chi connectivity index (χ0n) is 8.27. The Morgan fingerprint density at radius 3 is 2.86 bits per heavy atom. The van der Waals surface area contributed by atoms with Gasteiger partial charge in [0.05, 0.1) is 5.69 Å². The summed E-state index contributed by atoms with van der Waals surface area (Å²) in [5.74, 6) is 0.307. The van der Waals surface area contributed by atoms with Crippen molar-refractivity contribution in [1.29, 1.82) is 0 Å². The highest BCUT2D eigenvalue weighted by Crippen LogP contribution is 2.23. The third-order valence-electron chi connectivity index (χ3n) is 2.49. The van der Waals surface area contributed by atoms with Crippen LogP contribution in [0.3, 0.4) is 0 Å². The van der Waals surface area contributed by atoms with Crippen molar-refractivity contribution >= 4 is 10.8 Å². The Morgan fingerprint density at radius 1 is 1.29 bits per heavy atom. The molecule has 14 heavy (non-hydrogen) atoms. The van der Waals surface area contributed by atoms with Crippen LogP contribution in [0.25, 0.3) is 10.8 Å². The number of hydrogen-bond donors (Lipinski definition) is 0. The van der Waals surface area contributed by atoms with E-state index in [9.17, 15) is 0 Å².